The van der Waals surface area contributed by atoms with E-state index in [0.29, 0.717) is 17.7 Å². The fourth-order valence-electron chi connectivity index (χ4n) is 4.28. The average Bonchev–Trinajstić information content (AvgIpc) is 2.74. The van der Waals surface area contributed by atoms with Gasteiger partial charge >= 0.3 is 0 Å². The van der Waals surface area contributed by atoms with Crippen molar-refractivity contribution in [1.82, 2.24) is 9.88 Å². The van der Waals surface area contributed by atoms with Gasteiger partial charge in [-0.3, -0.25) is 9.59 Å². The largest absolute Gasteiger partial charge is 0.369 e. The summed E-state index contributed by atoms with van der Waals surface area (Å²) in [5.74, 6) is -0.0905. The third-order valence-corrected chi connectivity index (χ3v) is 6.16. The number of nitrogens with one attached hydrogen (secondary N) is 2. The summed E-state index contributed by atoms with van der Waals surface area (Å²) in [6.07, 6.45) is 0.742. The van der Waals surface area contributed by atoms with Gasteiger partial charge in [0.2, 0.25) is 5.91 Å². The van der Waals surface area contributed by atoms with Crippen LogP contribution in [-0.2, 0) is 11.2 Å². The first-order chi connectivity index (χ1) is 14.8. The number of benzene rings is 1. The minimum atomic E-state index is -0.377. The summed E-state index contributed by atoms with van der Waals surface area (Å²) in [6, 6.07) is 8.01. The molecule has 0 unspecified atom stereocenters. The third kappa shape index (κ3) is 5.15. The normalized spacial score (nSPS) is 14.4. The van der Waals surface area contributed by atoms with E-state index in [4.69, 9.17) is 0 Å². The zero-order valence-electron chi connectivity index (χ0n) is 18.8. The molecule has 1 aromatic heterocycles. The zero-order chi connectivity index (χ0) is 22.5. The van der Waals surface area contributed by atoms with E-state index < -0.39 is 0 Å². The first-order valence-corrected chi connectivity index (χ1v) is 10.8. The summed E-state index contributed by atoms with van der Waals surface area (Å²) < 4.78 is 0. The molecule has 1 fully saturated rings. The van der Waals surface area contributed by atoms with Gasteiger partial charge < -0.3 is 20.1 Å². The molecule has 0 spiro atoms. The molecular formula is C24H31N5O2. The first-order valence-electron chi connectivity index (χ1n) is 10.8. The van der Waals surface area contributed by atoms with E-state index in [2.05, 4.69) is 40.0 Å². The van der Waals surface area contributed by atoms with Crippen molar-refractivity contribution in [2.24, 2.45) is 0 Å². The molecule has 7 heteroatoms. The minimum absolute atomic E-state index is 0.0905. The van der Waals surface area contributed by atoms with E-state index in [1.165, 1.54) is 5.69 Å². The van der Waals surface area contributed by atoms with E-state index in [1.54, 1.807) is 13.8 Å². The Morgan fingerprint density at radius 3 is 2.52 bits per heavy atom. The molecule has 31 heavy (non-hydrogen) atoms. The molecule has 7 nitrogen and oxygen atoms in total. The lowest BCUT2D eigenvalue weighted by molar-refractivity contribution is -0.116. The first kappa shape index (κ1) is 22.6. The molecule has 1 aliphatic rings. The van der Waals surface area contributed by atoms with Crippen LogP contribution in [0.5, 0.6) is 0 Å². The van der Waals surface area contributed by atoms with Crippen LogP contribution >= 0.6 is 0 Å². The van der Waals surface area contributed by atoms with Crippen molar-refractivity contribution in [3.63, 3.8) is 0 Å². The molecule has 1 saturated heterocycles. The molecule has 1 aliphatic heterocycles. The summed E-state index contributed by atoms with van der Waals surface area (Å²) in [5, 5.41) is 12.2. The van der Waals surface area contributed by atoms with E-state index in [-0.39, 0.29) is 23.5 Å². The number of aryl methyl sites for hydroxylation is 2. The van der Waals surface area contributed by atoms with Gasteiger partial charge in [0.1, 0.15) is 11.6 Å². The van der Waals surface area contributed by atoms with E-state index in [1.807, 2.05) is 18.2 Å². The molecule has 2 aromatic rings. The zero-order valence-corrected chi connectivity index (χ0v) is 18.8. The number of carbonyl (C=O) groups is 1. The highest BCUT2D eigenvalue weighted by Gasteiger charge is 2.18. The standard InChI is InChI=1S/C24H31N5O2/c1-5-28-10-12-29(13-11-28)22-8-6-19(14-16(22)2)27-23(30)9-7-20-17(3)21(15-25)24(31)26-18(20)4/h6,8,14H,5,7,9-13H2,1-4H3,(H,26,31)(H,27,30). The highest BCUT2D eigenvalue weighted by atomic mass is 16.1. The summed E-state index contributed by atoms with van der Waals surface area (Å²) in [5.41, 5.74) is 5.10. The van der Waals surface area contributed by atoms with Gasteiger partial charge in [-0.05, 0) is 68.6 Å². The second-order valence-electron chi connectivity index (χ2n) is 8.14. The second-order valence-corrected chi connectivity index (χ2v) is 8.14. The summed E-state index contributed by atoms with van der Waals surface area (Å²) >= 11 is 0. The molecule has 164 valence electrons. The van der Waals surface area contributed by atoms with Crippen molar-refractivity contribution in [3.05, 3.63) is 56.5 Å². The van der Waals surface area contributed by atoms with Crippen LogP contribution in [0.1, 0.15) is 41.3 Å². The van der Waals surface area contributed by atoms with Crippen LogP contribution in [-0.4, -0.2) is 48.5 Å². The Balaban J connectivity index is 1.62. The van der Waals surface area contributed by atoms with Gasteiger partial charge in [0.05, 0.1) is 0 Å². The highest BCUT2D eigenvalue weighted by molar-refractivity contribution is 5.91. The molecule has 3 rings (SSSR count). The maximum atomic E-state index is 12.5. The topological polar surface area (TPSA) is 92.2 Å². The molecule has 2 N–H and O–H groups in total. The number of hydrogen-bond acceptors (Lipinski definition) is 5. The van der Waals surface area contributed by atoms with Crippen molar-refractivity contribution in [3.8, 4) is 6.07 Å². The number of piperazine rings is 1. The molecule has 0 bridgehead atoms. The molecule has 0 radical (unpaired) electrons. The quantitative estimate of drug-likeness (QED) is 0.748. The van der Waals surface area contributed by atoms with Gasteiger partial charge in [0.15, 0.2) is 0 Å². The summed E-state index contributed by atoms with van der Waals surface area (Å²) in [7, 11) is 0. The molecule has 0 atom stereocenters. The average molecular weight is 422 g/mol. The molecule has 1 amide bonds. The fourth-order valence-corrected chi connectivity index (χ4v) is 4.28. The predicted molar refractivity (Wildman–Crippen MR) is 124 cm³/mol. The van der Waals surface area contributed by atoms with Crippen LogP contribution in [0.3, 0.4) is 0 Å². The van der Waals surface area contributed by atoms with Crippen LogP contribution in [0, 0.1) is 32.1 Å². The number of anilines is 2. The second kappa shape index (κ2) is 9.80. The van der Waals surface area contributed by atoms with Crippen LogP contribution < -0.4 is 15.8 Å². The van der Waals surface area contributed by atoms with Crippen molar-refractivity contribution < 1.29 is 4.79 Å². The van der Waals surface area contributed by atoms with Gasteiger partial charge in [0, 0.05) is 49.7 Å². The van der Waals surface area contributed by atoms with Crippen molar-refractivity contribution in [2.45, 2.75) is 40.5 Å². The molecule has 0 aliphatic carbocycles. The van der Waals surface area contributed by atoms with Crippen molar-refractivity contribution in [1.29, 1.82) is 5.26 Å². The Morgan fingerprint density at radius 1 is 1.19 bits per heavy atom. The predicted octanol–water partition coefficient (Wildman–Crippen LogP) is 2.89. The third-order valence-electron chi connectivity index (χ3n) is 6.16. The molecule has 0 saturated carbocycles. The highest BCUT2D eigenvalue weighted by Crippen LogP contribution is 2.25. The van der Waals surface area contributed by atoms with Gasteiger partial charge in [-0.25, -0.2) is 0 Å². The lowest BCUT2D eigenvalue weighted by atomic mass is 9.99. The Kier molecular flexibility index (Phi) is 7.13. The van der Waals surface area contributed by atoms with E-state index >= 15 is 0 Å². The van der Waals surface area contributed by atoms with E-state index in [0.717, 1.165) is 49.5 Å². The van der Waals surface area contributed by atoms with Crippen LogP contribution in [0.2, 0.25) is 0 Å². The smallest absolute Gasteiger partial charge is 0.266 e. The van der Waals surface area contributed by atoms with Crippen LogP contribution in [0.25, 0.3) is 0 Å². The number of nitrogens with zero attached hydrogens (tertiary/aromatic N) is 3. The molecule has 2 heterocycles. The number of likely N-dealkylation sites (N-methyl/N-ethyl adjacent to an activating group) is 1. The van der Waals surface area contributed by atoms with Gasteiger partial charge in [-0.1, -0.05) is 6.92 Å². The lowest BCUT2D eigenvalue weighted by Crippen LogP contribution is -2.46. The van der Waals surface area contributed by atoms with Crippen molar-refractivity contribution in [2.75, 3.05) is 42.9 Å². The van der Waals surface area contributed by atoms with E-state index in [9.17, 15) is 14.9 Å². The SMILES string of the molecule is CCN1CCN(c2ccc(NC(=O)CCc3c(C)[nH]c(=O)c(C#N)c3C)cc2C)CC1. The number of H-pyrrole nitrogens is 1. The summed E-state index contributed by atoms with van der Waals surface area (Å²) in [4.78, 5) is 32.0. The van der Waals surface area contributed by atoms with Crippen LogP contribution in [0.4, 0.5) is 11.4 Å². The Morgan fingerprint density at radius 2 is 1.90 bits per heavy atom. The molecule has 1 aromatic carbocycles. The molecular weight excluding hydrogens is 390 g/mol. The monoisotopic (exact) mass is 421 g/mol. The number of pyridine rings is 1. The number of aromatic nitrogens is 1. The van der Waals surface area contributed by atoms with Gasteiger partial charge in [0.25, 0.3) is 5.56 Å². The Labute approximate surface area is 183 Å². The maximum Gasteiger partial charge on any atom is 0.266 e. The fraction of sp³-hybridized carbons (Fsp3) is 0.458. The number of rotatable bonds is 6. The van der Waals surface area contributed by atoms with Crippen molar-refractivity contribution >= 4 is 17.3 Å². The maximum absolute atomic E-state index is 12.5. The van der Waals surface area contributed by atoms with Gasteiger partial charge in [-0.15, -0.1) is 0 Å². The Bertz CT molecular complexity index is 1060. The van der Waals surface area contributed by atoms with Crippen LogP contribution in [0.15, 0.2) is 23.0 Å². The lowest BCUT2D eigenvalue weighted by Gasteiger charge is -2.36. The van der Waals surface area contributed by atoms with Gasteiger partial charge in [-0.2, -0.15) is 5.26 Å². The Hall–Kier alpha value is -3.11. The number of nitriles is 1. The number of hydrogen-bond donors (Lipinski definition) is 2. The number of amides is 1. The minimum Gasteiger partial charge on any atom is -0.369 e. The number of carbonyl (C=O) groups excluding carboxylic acids is 1. The summed E-state index contributed by atoms with van der Waals surface area (Å²) in [6.45, 7) is 13.1. The number of aromatic amines is 1.